The first-order valence-electron chi connectivity index (χ1n) is 6.20. The quantitative estimate of drug-likeness (QED) is 0.606. The monoisotopic (exact) mass is 268 g/mol. The van der Waals surface area contributed by atoms with Crippen LogP contribution in [0.3, 0.4) is 0 Å². The predicted molar refractivity (Wildman–Crippen MR) is 72.6 cm³/mol. The molecule has 0 radical (unpaired) electrons. The number of ether oxygens (including phenoxy) is 2. The molecule has 0 aliphatic heterocycles. The maximum absolute atomic E-state index is 10.9. The molecule has 106 valence electrons. The number of benzene rings is 1. The SMILES string of the molecule is CCC(N)(CC)COc1cc(OC)ccc1[N+](=O)[O-]. The molecular formula is C13H20N2O4. The molecule has 0 saturated carbocycles. The van der Waals surface area contributed by atoms with Crippen LogP contribution < -0.4 is 15.2 Å². The molecule has 0 aromatic heterocycles. The van der Waals surface area contributed by atoms with Gasteiger partial charge < -0.3 is 15.2 Å². The van der Waals surface area contributed by atoms with E-state index >= 15 is 0 Å². The van der Waals surface area contributed by atoms with Gasteiger partial charge in [0.2, 0.25) is 5.75 Å². The molecule has 0 fully saturated rings. The van der Waals surface area contributed by atoms with Crippen molar-refractivity contribution in [3.05, 3.63) is 28.3 Å². The van der Waals surface area contributed by atoms with Crippen LogP contribution in [0.5, 0.6) is 11.5 Å². The Morgan fingerprint density at radius 1 is 1.37 bits per heavy atom. The molecule has 0 aliphatic carbocycles. The van der Waals surface area contributed by atoms with E-state index in [1.807, 2.05) is 13.8 Å². The number of rotatable bonds is 7. The minimum absolute atomic E-state index is 0.0876. The standard InChI is InChI=1S/C13H20N2O4/c1-4-13(14,5-2)9-19-12-8-10(18-3)6-7-11(12)15(16)17/h6-8H,4-5,9,14H2,1-3H3. The Balaban J connectivity index is 2.95. The van der Waals surface area contributed by atoms with Gasteiger partial charge in [0.25, 0.3) is 0 Å². The second kappa shape index (κ2) is 6.38. The van der Waals surface area contributed by atoms with E-state index in [2.05, 4.69) is 0 Å². The summed E-state index contributed by atoms with van der Waals surface area (Å²) in [6.45, 7) is 4.16. The molecule has 1 aromatic carbocycles. The highest BCUT2D eigenvalue weighted by molar-refractivity contribution is 5.50. The number of nitro benzene ring substituents is 1. The van der Waals surface area contributed by atoms with Gasteiger partial charge in [0.15, 0.2) is 0 Å². The summed E-state index contributed by atoms with van der Waals surface area (Å²) in [7, 11) is 1.50. The Labute approximate surface area is 112 Å². The van der Waals surface area contributed by atoms with Crippen LogP contribution in [0.15, 0.2) is 18.2 Å². The predicted octanol–water partition coefficient (Wildman–Crippen LogP) is 2.50. The molecule has 1 aromatic rings. The van der Waals surface area contributed by atoms with Crippen molar-refractivity contribution in [1.82, 2.24) is 0 Å². The van der Waals surface area contributed by atoms with Gasteiger partial charge in [0.05, 0.1) is 12.0 Å². The first kappa shape index (κ1) is 15.2. The summed E-state index contributed by atoms with van der Waals surface area (Å²) >= 11 is 0. The highest BCUT2D eigenvalue weighted by atomic mass is 16.6. The Morgan fingerprint density at radius 3 is 2.47 bits per heavy atom. The van der Waals surface area contributed by atoms with E-state index < -0.39 is 10.5 Å². The van der Waals surface area contributed by atoms with Gasteiger partial charge in [-0.3, -0.25) is 10.1 Å². The van der Waals surface area contributed by atoms with E-state index in [9.17, 15) is 10.1 Å². The van der Waals surface area contributed by atoms with Gasteiger partial charge in [0, 0.05) is 17.7 Å². The van der Waals surface area contributed by atoms with Crippen molar-refractivity contribution in [3.8, 4) is 11.5 Å². The van der Waals surface area contributed by atoms with E-state index in [4.69, 9.17) is 15.2 Å². The molecule has 0 spiro atoms. The van der Waals surface area contributed by atoms with Crippen molar-refractivity contribution in [2.75, 3.05) is 13.7 Å². The van der Waals surface area contributed by atoms with Crippen LogP contribution >= 0.6 is 0 Å². The van der Waals surface area contributed by atoms with Crippen molar-refractivity contribution in [3.63, 3.8) is 0 Å². The largest absolute Gasteiger partial charge is 0.497 e. The van der Waals surface area contributed by atoms with Crippen molar-refractivity contribution in [2.24, 2.45) is 5.73 Å². The van der Waals surface area contributed by atoms with Crippen molar-refractivity contribution in [1.29, 1.82) is 0 Å². The maximum atomic E-state index is 10.9. The average Bonchev–Trinajstić information content (AvgIpc) is 2.44. The van der Waals surface area contributed by atoms with E-state index in [0.29, 0.717) is 5.75 Å². The van der Waals surface area contributed by atoms with Gasteiger partial charge in [-0.1, -0.05) is 13.8 Å². The Kier molecular flexibility index (Phi) is 5.11. The maximum Gasteiger partial charge on any atom is 0.311 e. The van der Waals surface area contributed by atoms with Crippen molar-refractivity contribution < 1.29 is 14.4 Å². The van der Waals surface area contributed by atoms with E-state index in [1.54, 1.807) is 0 Å². The summed E-state index contributed by atoms with van der Waals surface area (Å²) in [5, 5.41) is 10.9. The van der Waals surface area contributed by atoms with Gasteiger partial charge in [0.1, 0.15) is 12.4 Å². The normalized spacial score (nSPS) is 11.2. The number of nitrogens with zero attached hydrogens (tertiary/aromatic N) is 1. The number of hydrogen-bond donors (Lipinski definition) is 1. The lowest BCUT2D eigenvalue weighted by atomic mass is 9.96. The fourth-order valence-corrected chi connectivity index (χ4v) is 1.56. The van der Waals surface area contributed by atoms with Crippen LogP contribution in [0.4, 0.5) is 5.69 Å². The summed E-state index contributed by atoms with van der Waals surface area (Å²) in [5.74, 6) is 0.692. The van der Waals surface area contributed by atoms with Crippen LogP contribution in [0.1, 0.15) is 26.7 Å². The molecule has 0 amide bonds. The van der Waals surface area contributed by atoms with Gasteiger partial charge in [-0.15, -0.1) is 0 Å². The molecular weight excluding hydrogens is 248 g/mol. The zero-order valence-electron chi connectivity index (χ0n) is 11.5. The molecule has 0 unspecified atom stereocenters. The third kappa shape index (κ3) is 3.82. The van der Waals surface area contributed by atoms with Crippen LogP contribution in [-0.2, 0) is 0 Å². The summed E-state index contributed by atoms with van der Waals surface area (Å²) < 4.78 is 10.6. The Hall–Kier alpha value is -1.82. The van der Waals surface area contributed by atoms with Crippen molar-refractivity contribution >= 4 is 5.69 Å². The highest BCUT2D eigenvalue weighted by Crippen LogP contribution is 2.31. The number of nitro groups is 1. The van der Waals surface area contributed by atoms with Crippen molar-refractivity contribution in [2.45, 2.75) is 32.2 Å². The molecule has 0 saturated heterocycles. The number of hydrogen-bond acceptors (Lipinski definition) is 5. The van der Waals surface area contributed by atoms with E-state index in [0.717, 1.165) is 12.8 Å². The summed E-state index contributed by atoms with van der Waals surface area (Å²) in [6, 6.07) is 4.40. The smallest absolute Gasteiger partial charge is 0.311 e. The third-order valence-electron chi connectivity index (χ3n) is 3.29. The number of methoxy groups -OCH3 is 1. The van der Waals surface area contributed by atoms with E-state index in [1.165, 1.54) is 25.3 Å². The molecule has 1 rings (SSSR count). The summed E-state index contributed by atoms with van der Waals surface area (Å²) in [5.41, 5.74) is 5.55. The lowest BCUT2D eigenvalue weighted by molar-refractivity contribution is -0.385. The second-order valence-electron chi connectivity index (χ2n) is 4.45. The topological polar surface area (TPSA) is 87.6 Å². The first-order chi connectivity index (χ1) is 8.95. The fraction of sp³-hybridized carbons (Fsp3) is 0.538. The second-order valence-corrected chi connectivity index (χ2v) is 4.45. The molecule has 6 nitrogen and oxygen atoms in total. The third-order valence-corrected chi connectivity index (χ3v) is 3.29. The van der Waals surface area contributed by atoms with E-state index in [-0.39, 0.29) is 18.0 Å². The molecule has 19 heavy (non-hydrogen) atoms. The van der Waals surface area contributed by atoms with Crippen LogP contribution in [-0.4, -0.2) is 24.2 Å². The zero-order valence-corrected chi connectivity index (χ0v) is 11.5. The van der Waals surface area contributed by atoms with Gasteiger partial charge in [-0.25, -0.2) is 0 Å². The molecule has 0 heterocycles. The lowest BCUT2D eigenvalue weighted by Crippen LogP contribution is -2.44. The minimum Gasteiger partial charge on any atom is -0.497 e. The van der Waals surface area contributed by atoms with Crippen LogP contribution in [0.25, 0.3) is 0 Å². The number of nitrogens with two attached hydrogens (primary N) is 1. The summed E-state index contributed by atoms with van der Waals surface area (Å²) in [6.07, 6.45) is 1.47. The first-order valence-corrected chi connectivity index (χ1v) is 6.20. The van der Waals surface area contributed by atoms with Gasteiger partial charge >= 0.3 is 5.69 Å². The van der Waals surface area contributed by atoms with Gasteiger partial charge in [-0.05, 0) is 18.9 Å². The molecule has 0 atom stereocenters. The Bertz CT molecular complexity index is 444. The zero-order chi connectivity index (χ0) is 14.5. The molecule has 6 heteroatoms. The molecule has 0 bridgehead atoms. The summed E-state index contributed by atoms with van der Waals surface area (Å²) in [4.78, 5) is 10.5. The fourth-order valence-electron chi connectivity index (χ4n) is 1.56. The van der Waals surface area contributed by atoms with Gasteiger partial charge in [-0.2, -0.15) is 0 Å². The molecule has 0 aliphatic rings. The average molecular weight is 268 g/mol. The minimum atomic E-state index is -0.481. The molecule has 2 N–H and O–H groups in total. The lowest BCUT2D eigenvalue weighted by Gasteiger charge is -2.26. The Morgan fingerprint density at radius 2 is 2.00 bits per heavy atom. The van der Waals surface area contributed by atoms with Crippen LogP contribution in [0.2, 0.25) is 0 Å². The highest BCUT2D eigenvalue weighted by Gasteiger charge is 2.24. The van der Waals surface area contributed by atoms with Crippen LogP contribution in [0, 0.1) is 10.1 Å².